The SMILES string of the molecule is CC(c1ccc(Cl)cc1)N(C)C(=O)CCNC(C)(C)C. The van der Waals surface area contributed by atoms with E-state index in [1.54, 1.807) is 4.90 Å². The van der Waals surface area contributed by atoms with E-state index in [2.05, 4.69) is 26.1 Å². The molecule has 1 aromatic carbocycles. The summed E-state index contributed by atoms with van der Waals surface area (Å²) in [5.41, 5.74) is 1.13. The highest BCUT2D eigenvalue weighted by Gasteiger charge is 2.18. The molecule has 0 aromatic heterocycles. The molecule has 0 aliphatic rings. The van der Waals surface area contributed by atoms with Crippen molar-refractivity contribution >= 4 is 17.5 Å². The topological polar surface area (TPSA) is 32.3 Å². The summed E-state index contributed by atoms with van der Waals surface area (Å²) in [6, 6.07) is 7.68. The highest BCUT2D eigenvalue weighted by molar-refractivity contribution is 6.30. The molecular formula is C16H25ClN2O. The van der Waals surface area contributed by atoms with Gasteiger partial charge in [-0.3, -0.25) is 4.79 Å². The molecule has 0 fully saturated rings. The first-order valence-electron chi connectivity index (χ1n) is 6.97. The minimum atomic E-state index is 0.0423. The molecule has 1 atom stereocenters. The Balaban J connectivity index is 2.53. The lowest BCUT2D eigenvalue weighted by atomic mass is 10.1. The monoisotopic (exact) mass is 296 g/mol. The van der Waals surface area contributed by atoms with Crippen molar-refractivity contribution in [3.05, 3.63) is 34.9 Å². The molecule has 3 nitrogen and oxygen atoms in total. The van der Waals surface area contributed by atoms with Crippen molar-refractivity contribution in [1.82, 2.24) is 10.2 Å². The van der Waals surface area contributed by atoms with Crippen molar-refractivity contribution in [1.29, 1.82) is 0 Å². The van der Waals surface area contributed by atoms with Crippen LogP contribution in [0.5, 0.6) is 0 Å². The largest absolute Gasteiger partial charge is 0.339 e. The van der Waals surface area contributed by atoms with Crippen LogP contribution < -0.4 is 5.32 Å². The molecule has 1 unspecified atom stereocenters. The van der Waals surface area contributed by atoms with Crippen LogP contribution in [-0.2, 0) is 4.79 Å². The Morgan fingerprint density at radius 3 is 2.35 bits per heavy atom. The number of benzene rings is 1. The molecule has 20 heavy (non-hydrogen) atoms. The summed E-state index contributed by atoms with van der Waals surface area (Å²) in [6.07, 6.45) is 0.506. The zero-order chi connectivity index (χ0) is 15.3. The van der Waals surface area contributed by atoms with Crippen LogP contribution >= 0.6 is 11.6 Å². The summed E-state index contributed by atoms with van der Waals surface area (Å²) in [7, 11) is 1.85. The summed E-state index contributed by atoms with van der Waals surface area (Å²) >= 11 is 5.88. The van der Waals surface area contributed by atoms with E-state index in [4.69, 9.17) is 11.6 Å². The first kappa shape index (κ1) is 17.0. The fraction of sp³-hybridized carbons (Fsp3) is 0.562. The van der Waals surface area contributed by atoms with Crippen LogP contribution in [0.15, 0.2) is 24.3 Å². The number of nitrogens with zero attached hydrogens (tertiary/aromatic N) is 1. The lowest BCUT2D eigenvalue weighted by Gasteiger charge is -2.26. The Bertz CT molecular complexity index is 437. The number of hydrogen-bond acceptors (Lipinski definition) is 2. The van der Waals surface area contributed by atoms with E-state index in [9.17, 15) is 4.79 Å². The fourth-order valence-electron chi connectivity index (χ4n) is 1.90. The summed E-state index contributed by atoms with van der Waals surface area (Å²) in [5.74, 6) is 0.143. The molecule has 0 aliphatic heterocycles. The van der Waals surface area contributed by atoms with Gasteiger partial charge in [-0.1, -0.05) is 23.7 Å². The van der Waals surface area contributed by atoms with Crippen molar-refractivity contribution in [2.45, 2.75) is 45.7 Å². The quantitative estimate of drug-likeness (QED) is 0.900. The van der Waals surface area contributed by atoms with Gasteiger partial charge in [0.1, 0.15) is 0 Å². The van der Waals surface area contributed by atoms with E-state index in [-0.39, 0.29) is 17.5 Å². The van der Waals surface area contributed by atoms with Gasteiger partial charge >= 0.3 is 0 Å². The van der Waals surface area contributed by atoms with E-state index in [0.717, 1.165) is 5.56 Å². The summed E-state index contributed by atoms with van der Waals surface area (Å²) in [4.78, 5) is 14.0. The number of carbonyl (C=O) groups excluding carboxylic acids is 1. The number of carbonyl (C=O) groups is 1. The molecule has 0 bridgehead atoms. The van der Waals surface area contributed by atoms with E-state index in [1.165, 1.54) is 0 Å². The van der Waals surface area contributed by atoms with Gasteiger partial charge in [0.25, 0.3) is 0 Å². The molecule has 0 radical (unpaired) electrons. The highest BCUT2D eigenvalue weighted by atomic mass is 35.5. The Morgan fingerprint density at radius 2 is 1.85 bits per heavy atom. The maximum Gasteiger partial charge on any atom is 0.224 e. The predicted octanol–water partition coefficient (Wildman–Crippen LogP) is 3.64. The molecule has 0 spiro atoms. The Morgan fingerprint density at radius 1 is 1.30 bits per heavy atom. The van der Waals surface area contributed by atoms with E-state index >= 15 is 0 Å². The normalized spacial score (nSPS) is 13.1. The first-order valence-corrected chi connectivity index (χ1v) is 7.34. The second-order valence-corrected chi connectivity index (χ2v) is 6.60. The molecule has 0 saturated carbocycles. The second kappa shape index (κ2) is 7.09. The Kier molecular flexibility index (Phi) is 6.03. The first-order chi connectivity index (χ1) is 9.20. The maximum atomic E-state index is 12.2. The third-order valence-electron chi connectivity index (χ3n) is 3.32. The third kappa shape index (κ3) is 5.51. The zero-order valence-electron chi connectivity index (χ0n) is 13.0. The predicted molar refractivity (Wildman–Crippen MR) is 85.0 cm³/mol. The molecule has 1 aromatic rings. The van der Waals surface area contributed by atoms with Gasteiger partial charge in [0.05, 0.1) is 6.04 Å². The lowest BCUT2D eigenvalue weighted by Crippen LogP contribution is -2.39. The third-order valence-corrected chi connectivity index (χ3v) is 3.57. The molecule has 1 rings (SSSR count). The van der Waals surface area contributed by atoms with Gasteiger partial charge in [-0.15, -0.1) is 0 Å². The van der Waals surface area contributed by atoms with E-state index in [1.807, 2.05) is 38.2 Å². The lowest BCUT2D eigenvalue weighted by molar-refractivity contribution is -0.131. The Hall–Kier alpha value is -1.06. The molecular weight excluding hydrogens is 272 g/mol. The Labute approximate surface area is 127 Å². The van der Waals surface area contributed by atoms with Crippen molar-refractivity contribution < 1.29 is 4.79 Å². The second-order valence-electron chi connectivity index (χ2n) is 6.16. The smallest absolute Gasteiger partial charge is 0.224 e. The molecule has 1 amide bonds. The van der Waals surface area contributed by atoms with Crippen LogP contribution in [-0.4, -0.2) is 29.9 Å². The van der Waals surface area contributed by atoms with Crippen LogP contribution in [0.2, 0.25) is 5.02 Å². The maximum absolute atomic E-state index is 12.2. The van der Waals surface area contributed by atoms with Crippen LogP contribution in [0, 0.1) is 0 Å². The highest BCUT2D eigenvalue weighted by Crippen LogP contribution is 2.21. The minimum absolute atomic E-state index is 0.0423. The van der Waals surface area contributed by atoms with Crippen LogP contribution in [0.4, 0.5) is 0 Å². The average Bonchev–Trinajstić information content (AvgIpc) is 2.36. The number of halogens is 1. The number of rotatable bonds is 5. The number of amides is 1. The molecule has 1 N–H and O–H groups in total. The van der Waals surface area contributed by atoms with Crippen molar-refractivity contribution in [3.63, 3.8) is 0 Å². The van der Waals surface area contributed by atoms with E-state index in [0.29, 0.717) is 18.0 Å². The minimum Gasteiger partial charge on any atom is -0.339 e. The summed E-state index contributed by atoms with van der Waals surface area (Å²) < 4.78 is 0. The standard InChI is InChI=1S/C16H25ClN2O/c1-12(13-6-8-14(17)9-7-13)19(5)15(20)10-11-18-16(2,3)4/h6-9,12,18H,10-11H2,1-5H3. The van der Waals surface area contributed by atoms with Gasteiger partial charge in [0, 0.05) is 30.6 Å². The van der Waals surface area contributed by atoms with Gasteiger partial charge < -0.3 is 10.2 Å². The fourth-order valence-corrected chi connectivity index (χ4v) is 2.03. The average molecular weight is 297 g/mol. The van der Waals surface area contributed by atoms with Gasteiger partial charge in [-0.2, -0.15) is 0 Å². The molecule has 0 saturated heterocycles. The molecule has 0 heterocycles. The van der Waals surface area contributed by atoms with Crippen molar-refractivity contribution in [2.24, 2.45) is 0 Å². The number of hydrogen-bond donors (Lipinski definition) is 1. The van der Waals surface area contributed by atoms with Gasteiger partial charge in [-0.25, -0.2) is 0 Å². The van der Waals surface area contributed by atoms with Gasteiger partial charge in [0.2, 0.25) is 5.91 Å². The molecule has 0 aliphatic carbocycles. The van der Waals surface area contributed by atoms with Crippen molar-refractivity contribution in [2.75, 3.05) is 13.6 Å². The van der Waals surface area contributed by atoms with Crippen LogP contribution in [0.1, 0.15) is 45.7 Å². The van der Waals surface area contributed by atoms with Crippen LogP contribution in [0.25, 0.3) is 0 Å². The van der Waals surface area contributed by atoms with Gasteiger partial charge in [0.15, 0.2) is 0 Å². The van der Waals surface area contributed by atoms with E-state index < -0.39 is 0 Å². The van der Waals surface area contributed by atoms with Crippen molar-refractivity contribution in [3.8, 4) is 0 Å². The summed E-state index contributed by atoms with van der Waals surface area (Å²) in [6.45, 7) is 9.00. The zero-order valence-corrected chi connectivity index (χ0v) is 13.8. The van der Waals surface area contributed by atoms with Crippen LogP contribution in [0.3, 0.4) is 0 Å². The number of nitrogens with one attached hydrogen (secondary N) is 1. The summed E-state index contributed by atoms with van der Waals surface area (Å²) in [5, 5.41) is 4.04. The molecule has 4 heteroatoms. The van der Waals surface area contributed by atoms with Gasteiger partial charge in [-0.05, 0) is 45.4 Å². The molecule has 112 valence electrons.